The molecule has 98 valence electrons. The van der Waals surface area contributed by atoms with Crippen molar-refractivity contribution in [3.63, 3.8) is 0 Å². The Bertz CT molecular complexity index is 442. The molecule has 0 spiro atoms. The van der Waals surface area contributed by atoms with Crippen LogP contribution in [0.4, 0.5) is 0 Å². The second-order valence-electron chi connectivity index (χ2n) is 3.62. The van der Waals surface area contributed by atoms with E-state index in [-0.39, 0.29) is 12.3 Å². The smallest absolute Gasteiger partial charge is 0.303 e. The second kappa shape index (κ2) is 7.89. The summed E-state index contributed by atoms with van der Waals surface area (Å²) < 4.78 is 0.684. The number of carboxylic acid groups (broad SMARTS) is 1. The Morgan fingerprint density at radius 2 is 2.17 bits per heavy atom. The number of carbonyl (C=O) groups is 2. The van der Waals surface area contributed by atoms with Gasteiger partial charge in [-0.1, -0.05) is 11.6 Å². The molecule has 0 aliphatic rings. The average Bonchev–Trinajstić information content (AvgIpc) is 2.71. The zero-order valence-electron chi connectivity index (χ0n) is 9.69. The fraction of sp³-hybridized carbons (Fsp3) is 0.333. The van der Waals surface area contributed by atoms with Gasteiger partial charge in [0.2, 0.25) is 5.91 Å². The monoisotopic (exact) mass is 287 g/mol. The maximum Gasteiger partial charge on any atom is 0.303 e. The number of nitrogens with one attached hydrogen (secondary N) is 1. The van der Waals surface area contributed by atoms with Gasteiger partial charge in [0.1, 0.15) is 0 Å². The Morgan fingerprint density at radius 3 is 2.78 bits per heavy atom. The van der Waals surface area contributed by atoms with Gasteiger partial charge in [-0.15, -0.1) is 11.3 Å². The first kappa shape index (κ1) is 14.7. The molecule has 0 atom stereocenters. The highest BCUT2D eigenvalue weighted by Gasteiger charge is 1.99. The number of thiophene rings is 1. The van der Waals surface area contributed by atoms with Gasteiger partial charge < -0.3 is 10.4 Å². The standard InChI is InChI=1S/C12H14ClNO3S/c13-10-6-4-9(18-10)5-7-11(15)14-8-2-1-3-12(16)17/h4-7H,1-3,8H2,(H,14,15)(H,16,17). The predicted octanol–water partition coefficient (Wildman–Crippen LogP) is 2.79. The third-order valence-corrected chi connectivity index (χ3v) is 3.31. The molecule has 0 bridgehead atoms. The minimum atomic E-state index is -0.809. The number of hydrogen-bond donors (Lipinski definition) is 2. The Labute approximate surface area is 114 Å². The number of rotatable bonds is 7. The summed E-state index contributed by atoms with van der Waals surface area (Å²) in [5, 5.41) is 11.1. The van der Waals surface area contributed by atoms with Crippen molar-refractivity contribution in [2.24, 2.45) is 0 Å². The van der Waals surface area contributed by atoms with Gasteiger partial charge in [-0.2, -0.15) is 0 Å². The minimum Gasteiger partial charge on any atom is -0.481 e. The summed E-state index contributed by atoms with van der Waals surface area (Å²) in [5.41, 5.74) is 0. The summed E-state index contributed by atoms with van der Waals surface area (Å²) >= 11 is 7.15. The molecule has 0 fully saturated rings. The lowest BCUT2D eigenvalue weighted by Gasteiger charge is -2.00. The Hall–Kier alpha value is -1.33. The zero-order chi connectivity index (χ0) is 13.4. The minimum absolute atomic E-state index is 0.138. The zero-order valence-corrected chi connectivity index (χ0v) is 11.3. The Kier molecular flexibility index (Phi) is 6.46. The van der Waals surface area contributed by atoms with Gasteiger partial charge in [-0.3, -0.25) is 9.59 Å². The molecule has 1 amide bonds. The molecule has 4 nitrogen and oxygen atoms in total. The molecule has 0 unspecified atom stereocenters. The highest BCUT2D eigenvalue weighted by atomic mass is 35.5. The lowest BCUT2D eigenvalue weighted by atomic mass is 10.2. The summed E-state index contributed by atoms with van der Waals surface area (Å²) in [7, 11) is 0. The summed E-state index contributed by atoms with van der Waals surface area (Å²) in [6, 6.07) is 3.61. The van der Waals surface area contributed by atoms with Gasteiger partial charge in [0.15, 0.2) is 0 Å². The van der Waals surface area contributed by atoms with Crippen molar-refractivity contribution in [1.82, 2.24) is 5.32 Å². The van der Waals surface area contributed by atoms with Crippen LogP contribution >= 0.6 is 22.9 Å². The SMILES string of the molecule is O=C(O)CCCCNC(=O)C=Cc1ccc(Cl)s1. The number of hydrogen-bond acceptors (Lipinski definition) is 3. The van der Waals surface area contributed by atoms with E-state index in [2.05, 4.69) is 5.32 Å². The Morgan fingerprint density at radius 1 is 1.39 bits per heavy atom. The van der Waals surface area contributed by atoms with E-state index in [1.165, 1.54) is 17.4 Å². The molecule has 0 aromatic carbocycles. The molecule has 1 rings (SSSR count). The van der Waals surface area contributed by atoms with Crippen LogP contribution in [0.25, 0.3) is 6.08 Å². The van der Waals surface area contributed by atoms with Gasteiger partial charge in [-0.05, 0) is 31.1 Å². The van der Waals surface area contributed by atoms with Crippen molar-refractivity contribution >= 4 is 40.9 Å². The second-order valence-corrected chi connectivity index (χ2v) is 5.36. The first-order valence-electron chi connectivity index (χ1n) is 5.51. The quantitative estimate of drug-likeness (QED) is 0.598. The number of unbranched alkanes of at least 4 members (excludes halogenated alkanes) is 1. The molecule has 0 radical (unpaired) electrons. The summed E-state index contributed by atoms with van der Waals surface area (Å²) in [4.78, 5) is 22.5. The van der Waals surface area contributed by atoms with E-state index >= 15 is 0 Å². The molecular formula is C12H14ClNO3S. The topological polar surface area (TPSA) is 66.4 Å². The normalized spacial score (nSPS) is 10.7. The first-order chi connectivity index (χ1) is 8.58. The first-order valence-corrected chi connectivity index (χ1v) is 6.70. The fourth-order valence-corrected chi connectivity index (χ4v) is 2.21. The van der Waals surface area contributed by atoms with Crippen LogP contribution in [-0.4, -0.2) is 23.5 Å². The molecule has 6 heteroatoms. The fourth-order valence-electron chi connectivity index (χ4n) is 1.25. The molecule has 1 aromatic rings. The molecule has 18 heavy (non-hydrogen) atoms. The molecule has 1 heterocycles. The number of carboxylic acids is 1. The lowest BCUT2D eigenvalue weighted by molar-refractivity contribution is -0.137. The Balaban J connectivity index is 2.17. The van der Waals surface area contributed by atoms with E-state index in [9.17, 15) is 9.59 Å². The van der Waals surface area contributed by atoms with E-state index in [0.717, 1.165) is 4.88 Å². The van der Waals surface area contributed by atoms with Crippen LogP contribution in [0.3, 0.4) is 0 Å². The lowest BCUT2D eigenvalue weighted by Crippen LogP contribution is -2.22. The van der Waals surface area contributed by atoms with Crippen molar-refractivity contribution in [3.8, 4) is 0 Å². The van der Waals surface area contributed by atoms with Crippen molar-refractivity contribution in [3.05, 3.63) is 27.4 Å². The van der Waals surface area contributed by atoms with Crippen molar-refractivity contribution < 1.29 is 14.7 Å². The molecule has 0 aliphatic carbocycles. The molecule has 0 aliphatic heterocycles. The van der Waals surface area contributed by atoms with Gasteiger partial charge in [-0.25, -0.2) is 0 Å². The number of amides is 1. The van der Waals surface area contributed by atoms with Gasteiger partial charge in [0, 0.05) is 23.9 Å². The van der Waals surface area contributed by atoms with E-state index in [0.29, 0.717) is 23.7 Å². The van der Waals surface area contributed by atoms with Gasteiger partial charge in [0.25, 0.3) is 0 Å². The van der Waals surface area contributed by atoms with E-state index < -0.39 is 5.97 Å². The van der Waals surface area contributed by atoms with Gasteiger partial charge in [0.05, 0.1) is 4.34 Å². The van der Waals surface area contributed by atoms with Crippen LogP contribution in [0.15, 0.2) is 18.2 Å². The van der Waals surface area contributed by atoms with Gasteiger partial charge >= 0.3 is 5.97 Å². The van der Waals surface area contributed by atoms with E-state index in [4.69, 9.17) is 16.7 Å². The van der Waals surface area contributed by atoms with Crippen LogP contribution in [0.2, 0.25) is 4.34 Å². The maximum atomic E-state index is 11.4. The maximum absolute atomic E-state index is 11.4. The number of halogens is 1. The van der Waals surface area contributed by atoms with E-state index in [1.807, 2.05) is 6.07 Å². The van der Waals surface area contributed by atoms with Crippen LogP contribution < -0.4 is 5.32 Å². The molecule has 2 N–H and O–H groups in total. The molecule has 0 saturated heterocycles. The van der Waals surface area contributed by atoms with Crippen molar-refractivity contribution in [1.29, 1.82) is 0 Å². The van der Waals surface area contributed by atoms with Crippen LogP contribution in [0.5, 0.6) is 0 Å². The van der Waals surface area contributed by atoms with E-state index in [1.54, 1.807) is 12.1 Å². The third-order valence-electron chi connectivity index (χ3n) is 2.11. The molecule has 1 aromatic heterocycles. The largest absolute Gasteiger partial charge is 0.481 e. The number of carbonyl (C=O) groups excluding carboxylic acids is 1. The third kappa shape index (κ3) is 6.42. The van der Waals surface area contributed by atoms with Crippen LogP contribution in [-0.2, 0) is 9.59 Å². The van der Waals surface area contributed by atoms with Crippen molar-refractivity contribution in [2.45, 2.75) is 19.3 Å². The predicted molar refractivity (Wildman–Crippen MR) is 72.9 cm³/mol. The molecular weight excluding hydrogens is 274 g/mol. The number of aliphatic carboxylic acids is 1. The molecule has 0 saturated carbocycles. The summed E-state index contributed by atoms with van der Waals surface area (Å²) in [5.74, 6) is -0.995. The highest BCUT2D eigenvalue weighted by molar-refractivity contribution is 7.17. The summed E-state index contributed by atoms with van der Waals surface area (Å²) in [6.07, 6.45) is 4.51. The highest BCUT2D eigenvalue weighted by Crippen LogP contribution is 2.22. The summed E-state index contributed by atoms with van der Waals surface area (Å²) in [6.45, 7) is 0.488. The van der Waals surface area contributed by atoms with Crippen molar-refractivity contribution in [2.75, 3.05) is 6.54 Å². The van der Waals surface area contributed by atoms with Crippen LogP contribution in [0, 0.1) is 0 Å². The van der Waals surface area contributed by atoms with Crippen LogP contribution in [0.1, 0.15) is 24.1 Å². The average molecular weight is 288 g/mol.